The second kappa shape index (κ2) is 16.8. The Morgan fingerprint density at radius 2 is 1.14 bits per heavy atom. The summed E-state index contributed by atoms with van der Waals surface area (Å²) < 4.78 is 61.3. The lowest BCUT2D eigenvalue weighted by atomic mass is 9.89. The Kier molecular flexibility index (Phi) is 14.3. The maximum atomic E-state index is 14.4. The number of benzene rings is 2. The summed E-state index contributed by atoms with van der Waals surface area (Å²) >= 11 is 0. The van der Waals surface area contributed by atoms with Crippen molar-refractivity contribution in [1.29, 1.82) is 0 Å². The van der Waals surface area contributed by atoms with E-state index >= 15 is 0 Å². The molecule has 2 aromatic carbocycles. The average molecular weight is 523 g/mol. The molecule has 0 aromatic heterocycles. The topological polar surface area (TPSA) is 27.7 Å². The van der Waals surface area contributed by atoms with Gasteiger partial charge in [0.2, 0.25) is 0 Å². The maximum absolute atomic E-state index is 14.4. The zero-order chi connectivity index (χ0) is 27.1. The molecule has 2 rings (SSSR count). The van der Waals surface area contributed by atoms with Gasteiger partial charge in [-0.3, -0.25) is 0 Å². The van der Waals surface area contributed by atoms with E-state index in [1.54, 1.807) is 12.1 Å². The number of hydrogen-bond acceptors (Lipinski definition) is 3. The van der Waals surface area contributed by atoms with Crippen molar-refractivity contribution in [3.8, 4) is 11.1 Å². The zero-order valence-corrected chi connectivity index (χ0v) is 23.1. The molecule has 0 saturated carbocycles. The molecule has 2 aromatic rings. The molecule has 0 aliphatic rings. The van der Waals surface area contributed by atoms with Crippen LogP contribution in [0.5, 0.6) is 0 Å². The Labute approximate surface area is 221 Å². The van der Waals surface area contributed by atoms with E-state index in [0.717, 1.165) is 44.1 Å². The minimum absolute atomic E-state index is 0.222. The minimum atomic E-state index is -1.24. The van der Waals surface area contributed by atoms with Gasteiger partial charge in [0, 0.05) is 12.1 Å². The molecule has 0 aliphatic carbocycles. The van der Waals surface area contributed by atoms with E-state index in [1.807, 2.05) is 32.9 Å². The van der Waals surface area contributed by atoms with Crippen LogP contribution in [-0.2, 0) is 14.2 Å². The van der Waals surface area contributed by atoms with Crippen LogP contribution in [0.2, 0.25) is 0 Å². The van der Waals surface area contributed by atoms with E-state index in [9.17, 15) is 13.2 Å². The van der Waals surface area contributed by atoms with Gasteiger partial charge in [0.25, 0.3) is 5.97 Å². The molecule has 1 atom stereocenters. The Morgan fingerprint density at radius 1 is 0.649 bits per heavy atom. The normalized spacial score (nSPS) is 12.7. The summed E-state index contributed by atoms with van der Waals surface area (Å²) in [7, 11) is 0. The first-order valence-corrected chi connectivity index (χ1v) is 14.1. The van der Waals surface area contributed by atoms with Crippen molar-refractivity contribution in [2.45, 2.75) is 104 Å². The van der Waals surface area contributed by atoms with Crippen molar-refractivity contribution < 1.29 is 27.4 Å². The van der Waals surface area contributed by atoms with Gasteiger partial charge in [0.05, 0.1) is 31.3 Å². The highest BCUT2D eigenvalue weighted by Gasteiger charge is 2.43. The molecule has 1 unspecified atom stereocenters. The molecule has 0 spiro atoms. The average Bonchev–Trinajstić information content (AvgIpc) is 2.88. The summed E-state index contributed by atoms with van der Waals surface area (Å²) in [6.45, 7) is 9.83. The molecule has 208 valence electrons. The molecule has 0 aliphatic heterocycles. The Balaban J connectivity index is 2.43. The standard InChI is InChI=1S/C31H45F3O3/c1-5-9-10-11-12-13-14-27(31(35-19-6-2,36-20-7-3)37-21-8-4)24-15-17-25(18-16-24)30-28(33)22-26(32)23-29(30)34/h15-18,22-23,27H,5-14,19-21H2,1-4H3. The molecule has 0 bridgehead atoms. The smallest absolute Gasteiger partial charge is 0.290 e. The SMILES string of the molecule is CCCCCCCCC(c1ccc(-c2c(F)cc(F)cc2F)cc1)C(OCCC)(OCCC)OCCC. The van der Waals surface area contributed by atoms with Crippen LogP contribution in [0.3, 0.4) is 0 Å². The molecule has 37 heavy (non-hydrogen) atoms. The van der Waals surface area contributed by atoms with E-state index in [-0.39, 0.29) is 11.5 Å². The minimum Gasteiger partial charge on any atom is -0.327 e. The number of unbranched alkanes of at least 4 members (excludes halogenated alkanes) is 5. The number of ether oxygens (including phenoxy) is 3. The number of rotatable bonds is 19. The second-order valence-corrected chi connectivity index (χ2v) is 9.62. The van der Waals surface area contributed by atoms with E-state index < -0.39 is 23.4 Å². The van der Waals surface area contributed by atoms with Crippen molar-refractivity contribution in [2.24, 2.45) is 0 Å². The zero-order valence-electron chi connectivity index (χ0n) is 23.1. The summed E-state index contributed by atoms with van der Waals surface area (Å²) in [4.78, 5) is 0. The Morgan fingerprint density at radius 3 is 1.62 bits per heavy atom. The summed E-state index contributed by atoms with van der Waals surface area (Å²) in [6.07, 6.45) is 10.2. The van der Waals surface area contributed by atoms with Crippen LogP contribution in [0.1, 0.15) is 103 Å². The predicted octanol–water partition coefficient (Wildman–Crippen LogP) is 9.54. The lowest BCUT2D eigenvalue weighted by Crippen LogP contribution is -2.46. The third-order valence-corrected chi connectivity index (χ3v) is 6.40. The highest BCUT2D eigenvalue weighted by molar-refractivity contribution is 5.65. The van der Waals surface area contributed by atoms with Crippen LogP contribution in [0.4, 0.5) is 13.2 Å². The second-order valence-electron chi connectivity index (χ2n) is 9.62. The van der Waals surface area contributed by atoms with Crippen LogP contribution in [0, 0.1) is 17.5 Å². The monoisotopic (exact) mass is 522 g/mol. The van der Waals surface area contributed by atoms with Gasteiger partial charge in [-0.1, -0.05) is 90.5 Å². The van der Waals surface area contributed by atoms with Gasteiger partial charge in [-0.25, -0.2) is 13.2 Å². The summed E-state index contributed by atoms with van der Waals surface area (Å²) in [5.41, 5.74) is 1.03. The third-order valence-electron chi connectivity index (χ3n) is 6.40. The first-order chi connectivity index (χ1) is 17.9. The molecule has 0 radical (unpaired) electrons. The van der Waals surface area contributed by atoms with Crippen LogP contribution < -0.4 is 0 Å². The van der Waals surface area contributed by atoms with E-state index in [4.69, 9.17) is 14.2 Å². The first kappa shape index (κ1) is 31.3. The highest BCUT2D eigenvalue weighted by atomic mass is 19.1. The lowest BCUT2D eigenvalue weighted by Gasteiger charge is -2.40. The van der Waals surface area contributed by atoms with E-state index in [2.05, 4.69) is 6.92 Å². The fourth-order valence-electron chi connectivity index (χ4n) is 4.54. The van der Waals surface area contributed by atoms with Gasteiger partial charge < -0.3 is 14.2 Å². The number of halogens is 3. The molecule has 0 saturated heterocycles. The fraction of sp³-hybridized carbons (Fsp3) is 0.613. The van der Waals surface area contributed by atoms with Gasteiger partial charge in [0.1, 0.15) is 17.5 Å². The molecule has 0 N–H and O–H groups in total. The summed E-state index contributed by atoms with van der Waals surface area (Å²) in [5, 5.41) is 0. The Hall–Kier alpha value is -1.89. The molecule has 6 heteroatoms. The molecule has 0 fully saturated rings. The quantitative estimate of drug-likeness (QED) is 0.136. The molecule has 0 heterocycles. The molecule has 0 amide bonds. The van der Waals surface area contributed by atoms with Gasteiger partial charge in [-0.15, -0.1) is 0 Å². The third kappa shape index (κ3) is 9.42. The first-order valence-electron chi connectivity index (χ1n) is 14.1. The fourth-order valence-corrected chi connectivity index (χ4v) is 4.54. The Bertz CT molecular complexity index is 856. The van der Waals surface area contributed by atoms with Gasteiger partial charge >= 0.3 is 0 Å². The van der Waals surface area contributed by atoms with Gasteiger partial charge in [-0.2, -0.15) is 0 Å². The van der Waals surface area contributed by atoms with Crippen LogP contribution in [0.15, 0.2) is 36.4 Å². The van der Waals surface area contributed by atoms with Crippen molar-refractivity contribution in [3.05, 3.63) is 59.4 Å². The van der Waals surface area contributed by atoms with E-state index in [1.165, 1.54) is 25.7 Å². The van der Waals surface area contributed by atoms with Crippen molar-refractivity contribution >= 4 is 0 Å². The van der Waals surface area contributed by atoms with Gasteiger partial charge in [0.15, 0.2) is 0 Å². The lowest BCUT2D eigenvalue weighted by molar-refractivity contribution is -0.392. The van der Waals surface area contributed by atoms with Crippen LogP contribution in [0.25, 0.3) is 11.1 Å². The summed E-state index contributed by atoms with van der Waals surface area (Å²) in [5.74, 6) is -4.24. The van der Waals surface area contributed by atoms with Crippen LogP contribution >= 0.6 is 0 Å². The maximum Gasteiger partial charge on any atom is 0.290 e. The largest absolute Gasteiger partial charge is 0.327 e. The molecule has 3 nitrogen and oxygen atoms in total. The van der Waals surface area contributed by atoms with Crippen molar-refractivity contribution in [1.82, 2.24) is 0 Å². The molecular formula is C31H45F3O3. The van der Waals surface area contributed by atoms with E-state index in [0.29, 0.717) is 37.5 Å². The summed E-state index contributed by atoms with van der Waals surface area (Å²) in [6, 6.07) is 8.46. The van der Waals surface area contributed by atoms with Crippen molar-refractivity contribution in [3.63, 3.8) is 0 Å². The van der Waals surface area contributed by atoms with Gasteiger partial charge in [-0.05, 0) is 36.8 Å². The van der Waals surface area contributed by atoms with Crippen molar-refractivity contribution in [2.75, 3.05) is 19.8 Å². The highest BCUT2D eigenvalue weighted by Crippen LogP contribution is 2.40. The van der Waals surface area contributed by atoms with Crippen LogP contribution in [-0.4, -0.2) is 25.8 Å². The number of hydrogen-bond donors (Lipinski definition) is 0. The predicted molar refractivity (Wildman–Crippen MR) is 144 cm³/mol. The molecular weight excluding hydrogens is 477 g/mol.